The maximum atomic E-state index is 13.0. The Morgan fingerprint density at radius 3 is 2.35 bits per heavy atom. The molecule has 1 fully saturated rings. The van der Waals surface area contributed by atoms with Crippen LogP contribution >= 0.6 is 0 Å². The van der Waals surface area contributed by atoms with Crippen LogP contribution in [-0.4, -0.2) is 27.2 Å². The van der Waals surface area contributed by atoms with Crippen molar-refractivity contribution in [3.63, 3.8) is 0 Å². The Morgan fingerprint density at radius 2 is 1.85 bits per heavy atom. The van der Waals surface area contributed by atoms with Gasteiger partial charge in [-0.25, -0.2) is 8.78 Å². The van der Waals surface area contributed by atoms with Gasteiger partial charge in [-0.2, -0.15) is 8.42 Å². The average Bonchev–Trinajstić information content (AvgIpc) is 2.68. The molecule has 1 aliphatic carbocycles. The Labute approximate surface area is 116 Å². The van der Waals surface area contributed by atoms with Gasteiger partial charge in [0.25, 0.3) is 0 Å². The van der Waals surface area contributed by atoms with Gasteiger partial charge in [-0.3, -0.25) is 0 Å². The fourth-order valence-corrected chi connectivity index (χ4v) is 3.62. The molecule has 4 nitrogen and oxygen atoms in total. The lowest BCUT2D eigenvalue weighted by Gasteiger charge is -2.12. The van der Waals surface area contributed by atoms with E-state index in [1.165, 1.54) is 19.2 Å². The minimum atomic E-state index is -3.86. The first kappa shape index (κ1) is 15.0. The number of halogens is 2. The van der Waals surface area contributed by atoms with E-state index in [0.717, 1.165) is 0 Å². The van der Waals surface area contributed by atoms with Gasteiger partial charge in [0.15, 0.2) is 0 Å². The van der Waals surface area contributed by atoms with Crippen molar-refractivity contribution in [1.29, 1.82) is 0 Å². The molecular weight excluding hydrogens is 290 g/mol. The minimum Gasteiger partial charge on any atom is -0.497 e. The molecule has 20 heavy (non-hydrogen) atoms. The van der Waals surface area contributed by atoms with Crippen LogP contribution in [0, 0.1) is 5.92 Å². The molecule has 7 heteroatoms. The quantitative estimate of drug-likeness (QED) is 0.785. The topological polar surface area (TPSA) is 52.6 Å². The lowest BCUT2D eigenvalue weighted by molar-refractivity contribution is 0.00589. The molecule has 0 N–H and O–H groups in total. The third-order valence-corrected chi connectivity index (χ3v) is 4.55. The summed E-state index contributed by atoms with van der Waals surface area (Å²) in [6.45, 7) is 0. The molecule has 1 aromatic rings. The molecule has 2 rings (SSSR count). The molecule has 0 bridgehead atoms. The van der Waals surface area contributed by atoms with Crippen LogP contribution in [-0.2, 0) is 10.1 Å². The molecule has 1 atom stereocenters. The van der Waals surface area contributed by atoms with E-state index in [4.69, 9.17) is 8.92 Å². The van der Waals surface area contributed by atoms with Crippen LogP contribution in [0.5, 0.6) is 11.5 Å². The van der Waals surface area contributed by atoms with Crippen molar-refractivity contribution in [2.24, 2.45) is 5.92 Å². The molecule has 0 heterocycles. The molecule has 1 saturated carbocycles. The van der Waals surface area contributed by atoms with Crippen molar-refractivity contribution in [1.82, 2.24) is 0 Å². The Morgan fingerprint density at radius 1 is 1.25 bits per heavy atom. The monoisotopic (exact) mass is 306 g/mol. The van der Waals surface area contributed by atoms with Gasteiger partial charge in [0, 0.05) is 12.8 Å². The van der Waals surface area contributed by atoms with Crippen molar-refractivity contribution >= 4 is 10.1 Å². The Bertz CT molecular complexity index is 554. The van der Waals surface area contributed by atoms with E-state index in [-0.39, 0.29) is 24.3 Å². The minimum absolute atomic E-state index is 0.149. The van der Waals surface area contributed by atoms with Gasteiger partial charge >= 0.3 is 10.1 Å². The highest BCUT2D eigenvalue weighted by Crippen LogP contribution is 2.39. The molecule has 0 aliphatic heterocycles. The lowest BCUT2D eigenvalue weighted by atomic mass is 10.1. The highest BCUT2D eigenvalue weighted by Gasteiger charge is 2.41. The molecule has 0 amide bonds. The summed E-state index contributed by atoms with van der Waals surface area (Å²) in [5, 5.41) is 0. The molecule has 1 unspecified atom stereocenters. The molecular formula is C13H16F2O4S. The summed E-state index contributed by atoms with van der Waals surface area (Å²) in [7, 11) is -2.37. The summed E-state index contributed by atoms with van der Waals surface area (Å²) < 4.78 is 59.6. The van der Waals surface area contributed by atoms with Crippen molar-refractivity contribution in [3.05, 3.63) is 24.3 Å². The number of methoxy groups -OCH3 is 1. The second-order valence-corrected chi connectivity index (χ2v) is 6.56. The summed E-state index contributed by atoms with van der Waals surface area (Å²) >= 11 is 0. The second-order valence-electron chi connectivity index (χ2n) is 4.95. The zero-order valence-corrected chi connectivity index (χ0v) is 11.8. The van der Waals surface area contributed by atoms with Crippen LogP contribution in [0.25, 0.3) is 0 Å². The highest BCUT2D eigenvalue weighted by molar-refractivity contribution is 7.87. The van der Waals surface area contributed by atoms with Crippen molar-refractivity contribution in [2.45, 2.75) is 25.2 Å². The first-order valence-corrected chi connectivity index (χ1v) is 7.81. The Hall–Kier alpha value is -1.37. The third kappa shape index (κ3) is 4.06. The normalized spacial score (nSPS) is 21.6. The summed E-state index contributed by atoms with van der Waals surface area (Å²) in [6, 6.07) is 6.04. The summed E-state index contributed by atoms with van der Waals surface area (Å²) in [5.74, 6) is -2.96. The van der Waals surface area contributed by atoms with Crippen molar-refractivity contribution in [3.8, 4) is 11.5 Å². The van der Waals surface area contributed by atoms with Gasteiger partial charge in [0.2, 0.25) is 5.92 Å². The standard InChI is InChI=1S/C13H16F2O4S/c1-18-11-2-4-12(5-3-11)19-20(16,17)9-10-6-7-13(14,15)8-10/h2-5,10H,6-9H2,1H3. The molecule has 0 radical (unpaired) electrons. The number of alkyl halides is 2. The Balaban J connectivity index is 1.97. The van der Waals surface area contributed by atoms with E-state index in [9.17, 15) is 17.2 Å². The number of ether oxygens (including phenoxy) is 1. The summed E-state index contributed by atoms with van der Waals surface area (Å²) in [5.41, 5.74) is 0. The van der Waals surface area contributed by atoms with Gasteiger partial charge in [-0.1, -0.05) is 0 Å². The van der Waals surface area contributed by atoms with Crippen LogP contribution in [0.2, 0.25) is 0 Å². The first-order valence-electron chi connectivity index (χ1n) is 6.24. The van der Waals surface area contributed by atoms with E-state index in [1.54, 1.807) is 12.1 Å². The highest BCUT2D eigenvalue weighted by atomic mass is 32.2. The smallest absolute Gasteiger partial charge is 0.309 e. The molecule has 0 spiro atoms. The Kier molecular flexibility index (Phi) is 4.17. The largest absolute Gasteiger partial charge is 0.497 e. The van der Waals surface area contributed by atoms with Crippen LogP contribution in [0.1, 0.15) is 19.3 Å². The predicted molar refractivity (Wildman–Crippen MR) is 69.7 cm³/mol. The summed E-state index contributed by atoms with van der Waals surface area (Å²) in [4.78, 5) is 0. The van der Waals surface area contributed by atoms with Crippen LogP contribution in [0.3, 0.4) is 0 Å². The maximum absolute atomic E-state index is 13.0. The van der Waals surface area contributed by atoms with Gasteiger partial charge in [-0.15, -0.1) is 0 Å². The molecule has 1 aliphatic rings. The molecule has 0 saturated heterocycles. The molecule has 0 aromatic heterocycles. The van der Waals surface area contributed by atoms with E-state index in [2.05, 4.69) is 0 Å². The number of benzene rings is 1. The summed E-state index contributed by atoms with van der Waals surface area (Å²) in [6.07, 6.45) is -0.438. The number of rotatable bonds is 5. The predicted octanol–water partition coefficient (Wildman–Crippen LogP) is 2.84. The zero-order chi connectivity index (χ0) is 14.8. The van der Waals surface area contributed by atoms with Crippen LogP contribution < -0.4 is 8.92 Å². The molecule has 112 valence electrons. The van der Waals surface area contributed by atoms with Crippen molar-refractivity contribution in [2.75, 3.05) is 12.9 Å². The number of hydrogen-bond donors (Lipinski definition) is 0. The van der Waals surface area contributed by atoms with Gasteiger partial charge in [0.05, 0.1) is 12.9 Å². The SMILES string of the molecule is COc1ccc(OS(=O)(=O)CC2CCC(F)(F)C2)cc1. The average molecular weight is 306 g/mol. The fourth-order valence-electron chi connectivity index (χ4n) is 2.28. The van der Waals surface area contributed by atoms with E-state index >= 15 is 0 Å². The zero-order valence-electron chi connectivity index (χ0n) is 11.0. The van der Waals surface area contributed by atoms with Crippen molar-refractivity contribution < 1.29 is 26.1 Å². The second kappa shape index (κ2) is 5.55. The maximum Gasteiger partial charge on any atom is 0.309 e. The number of hydrogen-bond acceptors (Lipinski definition) is 4. The van der Waals surface area contributed by atoms with Gasteiger partial charge in [-0.05, 0) is 36.6 Å². The van der Waals surface area contributed by atoms with E-state index < -0.39 is 28.4 Å². The lowest BCUT2D eigenvalue weighted by Crippen LogP contribution is -2.20. The van der Waals surface area contributed by atoms with E-state index in [0.29, 0.717) is 5.75 Å². The van der Waals surface area contributed by atoms with Crippen LogP contribution in [0.15, 0.2) is 24.3 Å². The fraction of sp³-hybridized carbons (Fsp3) is 0.538. The van der Waals surface area contributed by atoms with Gasteiger partial charge in [0.1, 0.15) is 11.5 Å². The first-order chi connectivity index (χ1) is 9.30. The van der Waals surface area contributed by atoms with Crippen LogP contribution in [0.4, 0.5) is 8.78 Å². The van der Waals surface area contributed by atoms with Gasteiger partial charge < -0.3 is 8.92 Å². The van der Waals surface area contributed by atoms with E-state index in [1.807, 2.05) is 0 Å². The third-order valence-electron chi connectivity index (χ3n) is 3.23. The molecule has 1 aromatic carbocycles.